The number of aryl methyl sites for hydroxylation is 1. The van der Waals surface area contributed by atoms with E-state index in [0.717, 1.165) is 10.0 Å². The third-order valence-corrected chi connectivity index (χ3v) is 4.05. The summed E-state index contributed by atoms with van der Waals surface area (Å²) >= 11 is 16.0. The fourth-order valence-corrected chi connectivity index (χ4v) is 2.81. The van der Waals surface area contributed by atoms with E-state index in [1.807, 2.05) is 37.5 Å². The van der Waals surface area contributed by atoms with Gasteiger partial charge in [0.2, 0.25) is 0 Å². The first-order chi connectivity index (χ1) is 10.1. The zero-order valence-electron chi connectivity index (χ0n) is 10.9. The number of halogens is 3. The second-order valence-electron chi connectivity index (χ2n) is 4.37. The van der Waals surface area contributed by atoms with Gasteiger partial charge in [0, 0.05) is 23.9 Å². The van der Waals surface area contributed by atoms with Crippen molar-refractivity contribution in [3.63, 3.8) is 0 Å². The van der Waals surface area contributed by atoms with Crippen molar-refractivity contribution in [2.24, 2.45) is 7.05 Å². The molecule has 0 saturated heterocycles. The second-order valence-corrected chi connectivity index (χ2v) is 6.00. The lowest BCUT2D eigenvalue weighted by Gasteiger charge is -2.08. The summed E-state index contributed by atoms with van der Waals surface area (Å²) < 4.78 is 2.78. The largest absolute Gasteiger partial charge is 0.331 e. The molecular formula is C14H9BrCl2N4. The summed E-state index contributed by atoms with van der Waals surface area (Å²) in [7, 11) is 1.86. The number of rotatable bonds is 2. The van der Waals surface area contributed by atoms with E-state index in [4.69, 9.17) is 23.2 Å². The van der Waals surface area contributed by atoms with Crippen LogP contribution in [0.25, 0.3) is 22.8 Å². The highest BCUT2D eigenvalue weighted by molar-refractivity contribution is 9.10. The number of nitrogens with zero attached hydrogens (tertiary/aromatic N) is 4. The van der Waals surface area contributed by atoms with Crippen LogP contribution >= 0.6 is 39.1 Å². The third-order valence-electron chi connectivity index (χ3n) is 2.97. The highest BCUT2D eigenvalue weighted by atomic mass is 79.9. The number of benzene rings is 1. The van der Waals surface area contributed by atoms with Crippen LogP contribution in [0.4, 0.5) is 0 Å². The minimum absolute atomic E-state index is 0.301. The van der Waals surface area contributed by atoms with Crippen LogP contribution < -0.4 is 0 Å². The van der Waals surface area contributed by atoms with Crippen LogP contribution in [0.15, 0.2) is 41.1 Å². The van der Waals surface area contributed by atoms with Gasteiger partial charge in [-0.05, 0) is 17.7 Å². The van der Waals surface area contributed by atoms with Gasteiger partial charge in [0.1, 0.15) is 10.3 Å². The van der Waals surface area contributed by atoms with Gasteiger partial charge in [0.15, 0.2) is 11.6 Å². The Bertz CT molecular complexity index is 776. The average molecular weight is 384 g/mol. The van der Waals surface area contributed by atoms with Crippen molar-refractivity contribution < 1.29 is 0 Å². The fourth-order valence-electron chi connectivity index (χ4n) is 1.94. The first-order valence-electron chi connectivity index (χ1n) is 6.03. The van der Waals surface area contributed by atoms with Crippen molar-refractivity contribution in [2.75, 3.05) is 0 Å². The van der Waals surface area contributed by atoms with Crippen molar-refractivity contribution in [1.29, 1.82) is 0 Å². The maximum atomic E-state index is 6.29. The molecule has 1 aromatic carbocycles. The molecule has 0 N–H and O–H groups in total. The second kappa shape index (κ2) is 5.75. The molecule has 7 heteroatoms. The molecule has 4 nitrogen and oxygen atoms in total. The lowest BCUT2D eigenvalue weighted by molar-refractivity contribution is 0.906. The molecule has 0 saturated carbocycles. The molecule has 0 unspecified atom stereocenters. The Morgan fingerprint density at radius 3 is 2.19 bits per heavy atom. The number of hydrogen-bond acceptors (Lipinski definition) is 3. The topological polar surface area (TPSA) is 43.6 Å². The first-order valence-corrected chi connectivity index (χ1v) is 7.58. The summed E-state index contributed by atoms with van der Waals surface area (Å²) in [5, 5.41) is 0.602. The minimum atomic E-state index is 0.301. The van der Waals surface area contributed by atoms with Gasteiger partial charge in [-0.1, -0.05) is 51.3 Å². The smallest absolute Gasteiger partial charge is 0.198 e. The predicted molar refractivity (Wildman–Crippen MR) is 87.4 cm³/mol. The summed E-state index contributed by atoms with van der Waals surface area (Å²) in [4.78, 5) is 12.8. The zero-order chi connectivity index (χ0) is 15.0. The van der Waals surface area contributed by atoms with Crippen LogP contribution in [0.2, 0.25) is 10.3 Å². The standard InChI is InChI=1S/C14H9BrCl2N4/c1-21-7-6-18-14(21)13-19-11(16)10(12(17)20-13)8-2-4-9(15)5-3-8/h2-7H,1H3. The molecule has 106 valence electrons. The Labute approximate surface area is 139 Å². The molecule has 2 heterocycles. The molecule has 0 aliphatic heterocycles. The SMILES string of the molecule is Cn1ccnc1-c1nc(Cl)c(-c2ccc(Br)cc2)c(Cl)n1. The normalized spacial score (nSPS) is 10.9. The van der Waals surface area contributed by atoms with Gasteiger partial charge in [-0.15, -0.1) is 0 Å². The molecule has 21 heavy (non-hydrogen) atoms. The Hall–Kier alpha value is -1.43. The molecule has 0 aliphatic carbocycles. The van der Waals surface area contributed by atoms with Gasteiger partial charge in [-0.2, -0.15) is 0 Å². The van der Waals surface area contributed by atoms with E-state index in [9.17, 15) is 0 Å². The molecule has 0 fully saturated rings. The van der Waals surface area contributed by atoms with Crippen LogP contribution in [0.5, 0.6) is 0 Å². The van der Waals surface area contributed by atoms with Crippen molar-refractivity contribution in [1.82, 2.24) is 19.5 Å². The van der Waals surface area contributed by atoms with Gasteiger partial charge in [0.05, 0.1) is 5.56 Å². The summed E-state index contributed by atoms with van der Waals surface area (Å²) in [6, 6.07) is 7.63. The predicted octanol–water partition coefficient (Wildman–Crippen LogP) is 4.61. The van der Waals surface area contributed by atoms with Gasteiger partial charge in [-0.25, -0.2) is 15.0 Å². The molecule has 0 radical (unpaired) electrons. The van der Waals surface area contributed by atoms with E-state index in [1.165, 1.54) is 0 Å². The highest BCUT2D eigenvalue weighted by Gasteiger charge is 2.16. The van der Waals surface area contributed by atoms with E-state index in [2.05, 4.69) is 30.9 Å². The molecule has 0 bridgehead atoms. The van der Waals surface area contributed by atoms with E-state index in [0.29, 0.717) is 27.5 Å². The van der Waals surface area contributed by atoms with Crippen LogP contribution in [-0.2, 0) is 7.05 Å². The monoisotopic (exact) mass is 382 g/mol. The molecule has 3 aromatic rings. The fraction of sp³-hybridized carbons (Fsp3) is 0.0714. The number of imidazole rings is 1. The lowest BCUT2D eigenvalue weighted by atomic mass is 10.1. The molecular weight excluding hydrogens is 375 g/mol. The van der Waals surface area contributed by atoms with Crippen LogP contribution in [-0.4, -0.2) is 19.5 Å². The zero-order valence-corrected chi connectivity index (χ0v) is 14.0. The average Bonchev–Trinajstić information content (AvgIpc) is 2.86. The summed E-state index contributed by atoms with van der Waals surface area (Å²) in [6.45, 7) is 0. The maximum absolute atomic E-state index is 6.29. The summed E-state index contributed by atoms with van der Waals surface area (Å²) in [5.41, 5.74) is 1.48. The van der Waals surface area contributed by atoms with Crippen LogP contribution in [0.3, 0.4) is 0 Å². The van der Waals surface area contributed by atoms with E-state index in [1.54, 1.807) is 10.8 Å². The Balaban J connectivity index is 2.13. The number of hydrogen-bond donors (Lipinski definition) is 0. The quantitative estimate of drug-likeness (QED) is 0.606. The Morgan fingerprint density at radius 1 is 1.05 bits per heavy atom. The first kappa shape index (κ1) is 14.5. The van der Waals surface area contributed by atoms with E-state index >= 15 is 0 Å². The highest BCUT2D eigenvalue weighted by Crippen LogP contribution is 2.34. The summed E-state index contributed by atoms with van der Waals surface area (Å²) in [6.07, 6.45) is 3.48. The Kier molecular flexibility index (Phi) is 3.97. The van der Waals surface area contributed by atoms with Crippen molar-refractivity contribution in [2.45, 2.75) is 0 Å². The van der Waals surface area contributed by atoms with Crippen molar-refractivity contribution in [3.8, 4) is 22.8 Å². The molecule has 0 atom stereocenters. The van der Waals surface area contributed by atoms with Crippen LogP contribution in [0, 0.1) is 0 Å². The number of aromatic nitrogens is 4. The minimum Gasteiger partial charge on any atom is -0.331 e. The molecule has 0 spiro atoms. The lowest BCUT2D eigenvalue weighted by Crippen LogP contribution is -1.99. The van der Waals surface area contributed by atoms with Gasteiger partial charge < -0.3 is 4.57 Å². The Morgan fingerprint density at radius 2 is 1.67 bits per heavy atom. The maximum Gasteiger partial charge on any atom is 0.198 e. The van der Waals surface area contributed by atoms with E-state index < -0.39 is 0 Å². The van der Waals surface area contributed by atoms with Gasteiger partial charge in [-0.3, -0.25) is 0 Å². The van der Waals surface area contributed by atoms with Crippen LogP contribution in [0.1, 0.15) is 0 Å². The third kappa shape index (κ3) is 2.81. The van der Waals surface area contributed by atoms with Crippen molar-refractivity contribution >= 4 is 39.1 Å². The van der Waals surface area contributed by atoms with E-state index in [-0.39, 0.29) is 0 Å². The molecule has 2 aromatic heterocycles. The summed E-state index contributed by atoms with van der Waals surface area (Å²) in [5.74, 6) is 1.01. The molecule has 0 aliphatic rings. The van der Waals surface area contributed by atoms with Crippen molar-refractivity contribution in [3.05, 3.63) is 51.4 Å². The molecule has 0 amide bonds. The molecule has 3 rings (SSSR count). The van der Waals surface area contributed by atoms with Gasteiger partial charge in [0.25, 0.3) is 0 Å². The van der Waals surface area contributed by atoms with Gasteiger partial charge >= 0.3 is 0 Å².